The maximum absolute atomic E-state index is 2.33. The summed E-state index contributed by atoms with van der Waals surface area (Å²) in [5.41, 5.74) is 8.29. The maximum atomic E-state index is 2.33. The van der Waals surface area contributed by atoms with Gasteiger partial charge in [0.1, 0.15) is 0 Å². The third kappa shape index (κ3) is 5.75. The van der Waals surface area contributed by atoms with Crippen LogP contribution >= 0.6 is 12.4 Å². The largest absolute Gasteiger partial charge is 0.479 e. The van der Waals surface area contributed by atoms with E-state index < -0.39 is 0 Å². The predicted octanol–water partition coefficient (Wildman–Crippen LogP) is 8.52. The molecule has 1 heterocycles. The van der Waals surface area contributed by atoms with Gasteiger partial charge < -0.3 is 9.80 Å². The van der Waals surface area contributed by atoms with Crippen molar-refractivity contribution in [2.24, 2.45) is 0 Å². The molecule has 0 saturated carbocycles. The van der Waals surface area contributed by atoms with Gasteiger partial charge >= 0.3 is 0 Å². The second-order valence-electron chi connectivity index (χ2n) is 9.42. The van der Waals surface area contributed by atoms with Gasteiger partial charge in [-0.05, 0) is 58.3 Å². The molecule has 0 amide bonds. The fourth-order valence-electron chi connectivity index (χ4n) is 4.24. The first kappa shape index (κ1) is 27.8. The van der Waals surface area contributed by atoms with Gasteiger partial charge in [0, 0.05) is 31.8 Å². The molecule has 0 atom stereocenters. The molecule has 1 aliphatic heterocycles. The predicted molar refractivity (Wildman–Crippen MR) is 135 cm³/mol. The number of para-hydroxylation sites is 2. The molecule has 0 aromatic heterocycles. The fraction of sp³-hybridized carbons (Fsp3) is 0.444. The minimum Gasteiger partial charge on any atom is -0.479 e. The van der Waals surface area contributed by atoms with Gasteiger partial charge in [-0.1, -0.05) is 91.8 Å². The van der Waals surface area contributed by atoms with E-state index in [1.165, 1.54) is 33.6 Å². The molecule has 2 nitrogen and oxygen atoms in total. The van der Waals surface area contributed by atoms with Crippen LogP contribution in [0, 0.1) is 6.67 Å². The molecule has 1 aliphatic rings. The molecule has 0 N–H and O–H groups in total. The van der Waals surface area contributed by atoms with E-state index >= 15 is 0 Å². The summed E-state index contributed by atoms with van der Waals surface area (Å²) in [6.45, 7) is 20.5. The second-order valence-corrected chi connectivity index (χ2v) is 9.42. The van der Waals surface area contributed by atoms with Crippen molar-refractivity contribution in [2.45, 2.75) is 79.1 Å². The molecular formula is C27H38ClN2Pd-. The third-order valence-corrected chi connectivity index (χ3v) is 5.84. The van der Waals surface area contributed by atoms with Crippen LogP contribution in [0.15, 0.2) is 48.8 Å². The summed E-state index contributed by atoms with van der Waals surface area (Å²) in [4.78, 5) is 4.65. The number of halogens is 1. The summed E-state index contributed by atoms with van der Waals surface area (Å²) < 4.78 is 0. The number of benzene rings is 2. The maximum Gasteiger partial charge on any atom is 0.0195 e. The van der Waals surface area contributed by atoms with Crippen LogP contribution in [0.4, 0.5) is 11.4 Å². The Morgan fingerprint density at radius 2 is 0.806 bits per heavy atom. The van der Waals surface area contributed by atoms with Crippen molar-refractivity contribution in [1.29, 1.82) is 0 Å². The van der Waals surface area contributed by atoms with Crippen molar-refractivity contribution in [3.63, 3.8) is 0 Å². The van der Waals surface area contributed by atoms with Crippen molar-refractivity contribution >= 4 is 23.8 Å². The number of hydrogen-bond acceptors (Lipinski definition) is 2. The van der Waals surface area contributed by atoms with Gasteiger partial charge in [0.15, 0.2) is 0 Å². The van der Waals surface area contributed by atoms with Gasteiger partial charge in [-0.3, -0.25) is 0 Å². The Balaban J connectivity index is 0.00000240. The Bertz CT molecular complexity index is 763. The SMILES string of the molecule is CC(C)c1cccc(C(C)C)c1N1C=CN(c2c(C(C)C)cccc2C(C)C)[CH-]1.Cl.[Pd]. The molecule has 0 bridgehead atoms. The minimum atomic E-state index is 0. The van der Waals surface area contributed by atoms with Gasteiger partial charge in [-0.2, -0.15) is 0 Å². The second kappa shape index (κ2) is 11.6. The summed E-state index contributed by atoms with van der Waals surface area (Å²) in [6, 6.07) is 13.5. The van der Waals surface area contributed by atoms with Gasteiger partial charge in [0.05, 0.1) is 0 Å². The molecule has 0 aliphatic carbocycles. The van der Waals surface area contributed by atoms with Crippen molar-refractivity contribution in [3.05, 3.63) is 77.7 Å². The smallest absolute Gasteiger partial charge is 0.0195 e. The Hall–Kier alpha value is -1.27. The average Bonchev–Trinajstić information content (AvgIpc) is 3.15. The van der Waals surface area contributed by atoms with Crippen molar-refractivity contribution in [3.8, 4) is 0 Å². The monoisotopic (exact) mass is 531 g/mol. The standard InChI is InChI=1S/C27H37N2.ClH.Pd/c1-18(2)22-11-9-12-23(19(3)4)26(22)28-15-16-29(17-28)27-24(20(5)6)13-10-14-25(27)21(7)8;;/h9-21H,1-8H3;1H;/q-1;;. The van der Waals surface area contributed by atoms with Gasteiger partial charge in [-0.25, -0.2) is 0 Å². The molecule has 174 valence electrons. The zero-order chi connectivity index (χ0) is 21.3. The summed E-state index contributed by atoms with van der Waals surface area (Å²) >= 11 is 0. The van der Waals surface area contributed by atoms with Crippen LogP contribution in [-0.4, -0.2) is 0 Å². The van der Waals surface area contributed by atoms with E-state index in [-0.39, 0.29) is 32.8 Å². The summed E-state index contributed by atoms with van der Waals surface area (Å²) in [6.07, 6.45) is 4.43. The first-order chi connectivity index (χ1) is 13.7. The first-order valence-corrected chi connectivity index (χ1v) is 11.1. The Morgan fingerprint density at radius 1 is 0.548 bits per heavy atom. The van der Waals surface area contributed by atoms with Gasteiger partial charge in [0.25, 0.3) is 0 Å². The molecule has 0 unspecified atom stereocenters. The average molecular weight is 532 g/mol. The zero-order valence-electron chi connectivity index (χ0n) is 20.1. The van der Waals surface area contributed by atoms with Crippen molar-refractivity contribution < 1.29 is 20.4 Å². The van der Waals surface area contributed by atoms with Crippen molar-refractivity contribution in [2.75, 3.05) is 9.80 Å². The van der Waals surface area contributed by atoms with Crippen LogP contribution in [0.1, 0.15) is 101 Å². The van der Waals surface area contributed by atoms with Crippen LogP contribution in [0.3, 0.4) is 0 Å². The van der Waals surface area contributed by atoms with E-state index in [4.69, 9.17) is 0 Å². The topological polar surface area (TPSA) is 6.48 Å². The Labute approximate surface area is 210 Å². The number of hydrogen-bond donors (Lipinski definition) is 0. The normalized spacial score (nSPS) is 13.4. The van der Waals surface area contributed by atoms with E-state index in [1.54, 1.807) is 0 Å². The molecule has 0 radical (unpaired) electrons. The molecule has 31 heavy (non-hydrogen) atoms. The fourth-order valence-corrected chi connectivity index (χ4v) is 4.24. The number of anilines is 2. The molecular weight excluding hydrogens is 494 g/mol. The molecule has 0 fully saturated rings. The molecule has 0 saturated heterocycles. The molecule has 0 spiro atoms. The van der Waals surface area contributed by atoms with Crippen LogP contribution in [-0.2, 0) is 20.4 Å². The summed E-state index contributed by atoms with van der Waals surface area (Å²) in [7, 11) is 0. The molecule has 4 heteroatoms. The number of nitrogens with zero attached hydrogens (tertiary/aromatic N) is 2. The Kier molecular flexibility index (Phi) is 10.3. The van der Waals surface area contributed by atoms with Crippen molar-refractivity contribution in [1.82, 2.24) is 0 Å². The van der Waals surface area contributed by atoms with Gasteiger partial charge in [0.2, 0.25) is 0 Å². The van der Waals surface area contributed by atoms with Crippen LogP contribution in [0.25, 0.3) is 0 Å². The summed E-state index contributed by atoms with van der Waals surface area (Å²) in [5.74, 6) is 1.92. The minimum absolute atomic E-state index is 0. The third-order valence-electron chi connectivity index (χ3n) is 5.84. The van der Waals surface area contributed by atoms with Crippen LogP contribution < -0.4 is 9.80 Å². The van der Waals surface area contributed by atoms with E-state index in [2.05, 4.69) is 121 Å². The Morgan fingerprint density at radius 3 is 1.03 bits per heavy atom. The van der Waals surface area contributed by atoms with Crippen LogP contribution in [0.2, 0.25) is 0 Å². The quantitative estimate of drug-likeness (QED) is 0.272. The molecule has 3 rings (SSSR count). The number of rotatable bonds is 6. The van der Waals surface area contributed by atoms with E-state index in [1.807, 2.05) is 0 Å². The first-order valence-electron chi connectivity index (χ1n) is 11.1. The van der Waals surface area contributed by atoms with Crippen LogP contribution in [0.5, 0.6) is 0 Å². The summed E-state index contributed by atoms with van der Waals surface area (Å²) in [5, 5.41) is 0. The molecule has 2 aromatic rings. The van der Waals surface area contributed by atoms with E-state index in [0.29, 0.717) is 23.7 Å². The van der Waals surface area contributed by atoms with E-state index in [0.717, 1.165) is 0 Å². The molecule has 2 aromatic carbocycles. The van der Waals surface area contributed by atoms with E-state index in [9.17, 15) is 0 Å². The zero-order valence-corrected chi connectivity index (χ0v) is 22.5. The van der Waals surface area contributed by atoms with Gasteiger partial charge in [-0.15, -0.1) is 19.1 Å².